The van der Waals surface area contributed by atoms with Crippen molar-refractivity contribution in [3.05, 3.63) is 0 Å². The minimum Gasteiger partial charge on any atom is -0.481 e. The normalized spacial score (nSPS) is 57.9. The molecule has 2 N–H and O–H groups in total. The summed E-state index contributed by atoms with van der Waals surface area (Å²) in [6.45, 7) is 14.0. The van der Waals surface area contributed by atoms with Crippen molar-refractivity contribution in [2.24, 2.45) is 70.0 Å². The molecule has 0 aromatic carbocycles. The lowest BCUT2D eigenvalue weighted by molar-refractivity contribution is -0.347. The van der Waals surface area contributed by atoms with Gasteiger partial charge in [-0.1, -0.05) is 34.6 Å². The maximum atomic E-state index is 11.9. The van der Waals surface area contributed by atoms with Gasteiger partial charge in [-0.2, -0.15) is 0 Å². The van der Waals surface area contributed by atoms with Gasteiger partial charge in [-0.25, -0.2) is 0 Å². The fraction of sp³-hybridized carbons (Fsp3) is 0.974. The van der Waals surface area contributed by atoms with Crippen molar-refractivity contribution < 1.29 is 34.0 Å². The van der Waals surface area contributed by atoms with E-state index >= 15 is 0 Å². The lowest BCUT2D eigenvalue weighted by Gasteiger charge is -2.63. The van der Waals surface area contributed by atoms with Gasteiger partial charge in [0.2, 0.25) is 0 Å². The van der Waals surface area contributed by atoms with Crippen LogP contribution in [0.2, 0.25) is 0 Å². The molecule has 3 heterocycles. The molecule has 18 atom stereocenters. The Kier molecular flexibility index (Phi) is 7.86. The fourth-order valence-electron chi connectivity index (χ4n) is 14.3. The van der Waals surface area contributed by atoms with Crippen molar-refractivity contribution in [3.8, 4) is 0 Å². The van der Waals surface area contributed by atoms with E-state index in [0.717, 1.165) is 51.4 Å². The van der Waals surface area contributed by atoms with E-state index in [9.17, 15) is 15.0 Å². The molecule has 8 rings (SSSR count). The number of carboxylic acids is 1. The van der Waals surface area contributed by atoms with Crippen LogP contribution in [-0.4, -0.2) is 52.4 Å². The molecule has 8 aliphatic rings. The van der Waals surface area contributed by atoms with Gasteiger partial charge in [0.25, 0.3) is 0 Å². The van der Waals surface area contributed by atoms with Crippen LogP contribution in [0.1, 0.15) is 131 Å². The average Bonchev–Trinajstić information content (AvgIpc) is 3.47. The van der Waals surface area contributed by atoms with Gasteiger partial charge in [-0.15, -0.1) is 0 Å². The maximum Gasteiger partial charge on any atom is 0.303 e. The van der Waals surface area contributed by atoms with E-state index in [1.54, 1.807) is 0 Å². The minimum absolute atomic E-state index is 0.0915. The Morgan fingerprint density at radius 1 is 0.913 bits per heavy atom. The number of hydrogen-bond acceptors (Lipinski definition) is 6. The molecule has 0 aromatic heterocycles. The summed E-state index contributed by atoms with van der Waals surface area (Å²) in [4.78, 5) is 11.3. The Hall–Kier alpha value is -0.730. The van der Waals surface area contributed by atoms with E-state index in [2.05, 4.69) is 41.5 Å². The van der Waals surface area contributed by atoms with E-state index in [1.807, 2.05) is 0 Å². The summed E-state index contributed by atoms with van der Waals surface area (Å²) in [7, 11) is 0. The smallest absolute Gasteiger partial charge is 0.303 e. The van der Waals surface area contributed by atoms with Crippen molar-refractivity contribution in [3.63, 3.8) is 0 Å². The van der Waals surface area contributed by atoms with Crippen LogP contribution in [0.3, 0.4) is 0 Å². The fourth-order valence-corrected chi connectivity index (χ4v) is 14.3. The Morgan fingerprint density at radius 3 is 2.48 bits per heavy atom. The zero-order valence-corrected chi connectivity index (χ0v) is 29.4. The van der Waals surface area contributed by atoms with Gasteiger partial charge >= 0.3 is 5.97 Å². The summed E-state index contributed by atoms with van der Waals surface area (Å²) < 4.78 is 27.3. The van der Waals surface area contributed by atoms with E-state index in [-0.39, 0.29) is 53.6 Å². The number of aliphatic hydroxyl groups is 1. The molecule has 5 saturated carbocycles. The van der Waals surface area contributed by atoms with Crippen LogP contribution in [0.25, 0.3) is 0 Å². The molecule has 3 aliphatic heterocycles. The van der Waals surface area contributed by atoms with Gasteiger partial charge in [-0.05, 0) is 142 Å². The quantitative estimate of drug-likeness (QED) is 0.286. The summed E-state index contributed by atoms with van der Waals surface area (Å²) in [5.41, 5.74) is -0.176. The van der Waals surface area contributed by atoms with Gasteiger partial charge in [0.15, 0.2) is 18.4 Å². The molecule has 3 saturated heterocycles. The van der Waals surface area contributed by atoms with Crippen molar-refractivity contribution in [2.75, 3.05) is 0 Å². The molecular formula is C39H62O7. The highest BCUT2D eigenvalue weighted by atomic mass is 16.9. The molecule has 0 aromatic rings. The number of fused-ring (bicyclic) bond motifs is 6. The van der Waals surface area contributed by atoms with Crippen LogP contribution in [0.5, 0.6) is 0 Å². The Balaban J connectivity index is 0.951. The molecule has 7 heteroatoms. The third-order valence-electron chi connectivity index (χ3n) is 16.8. The number of aliphatic carboxylic acids is 1. The molecular weight excluding hydrogens is 580 g/mol. The Bertz CT molecular complexity index is 1190. The summed E-state index contributed by atoms with van der Waals surface area (Å²) in [6, 6.07) is 0. The Labute approximate surface area is 277 Å². The van der Waals surface area contributed by atoms with Gasteiger partial charge < -0.3 is 29.2 Å². The van der Waals surface area contributed by atoms with Crippen molar-refractivity contribution in [2.45, 2.75) is 168 Å². The molecule has 0 radical (unpaired) electrons. The summed E-state index contributed by atoms with van der Waals surface area (Å²) in [5, 5.41) is 21.3. The maximum absolute atomic E-state index is 11.9. The van der Waals surface area contributed by atoms with Gasteiger partial charge in [0.05, 0.1) is 12.2 Å². The molecule has 7 nitrogen and oxygen atoms in total. The SMILES string of the molecule is C[C@H]1C(O[C@@H]2CC[C@@]3(C)C(CCC4C3C[C@H](O)[C@@]3(C)C4CC[C@@H]3[C@H](C)CCC(=O)O)C2)OC2O[C@@]3(C)CCC4[C@H](C)CCC1C24O3. The molecule has 8 fully saturated rings. The highest BCUT2D eigenvalue weighted by molar-refractivity contribution is 5.66. The first-order chi connectivity index (χ1) is 21.8. The van der Waals surface area contributed by atoms with Crippen LogP contribution in [0, 0.1) is 70.0 Å². The molecule has 5 aliphatic carbocycles. The van der Waals surface area contributed by atoms with Crippen LogP contribution in [0.4, 0.5) is 0 Å². The van der Waals surface area contributed by atoms with Crippen LogP contribution < -0.4 is 0 Å². The molecule has 260 valence electrons. The van der Waals surface area contributed by atoms with Gasteiger partial charge in [0, 0.05) is 24.7 Å². The second-order valence-electron chi connectivity index (χ2n) is 18.6. The predicted octanol–water partition coefficient (Wildman–Crippen LogP) is 7.78. The lowest BCUT2D eigenvalue weighted by Crippen LogP contribution is -2.66. The van der Waals surface area contributed by atoms with E-state index < -0.39 is 11.8 Å². The molecule has 9 unspecified atom stereocenters. The van der Waals surface area contributed by atoms with Crippen LogP contribution in [-0.2, 0) is 23.7 Å². The highest BCUT2D eigenvalue weighted by Gasteiger charge is 2.72. The van der Waals surface area contributed by atoms with Gasteiger partial charge in [0.1, 0.15) is 5.60 Å². The predicted molar refractivity (Wildman–Crippen MR) is 173 cm³/mol. The lowest BCUT2D eigenvalue weighted by atomic mass is 9.43. The molecule has 2 bridgehead atoms. The number of carboxylic acid groups (broad SMARTS) is 1. The summed E-state index contributed by atoms with van der Waals surface area (Å²) >= 11 is 0. The van der Waals surface area contributed by atoms with Gasteiger partial charge in [-0.3, -0.25) is 4.79 Å². The van der Waals surface area contributed by atoms with Crippen LogP contribution >= 0.6 is 0 Å². The zero-order chi connectivity index (χ0) is 32.4. The van der Waals surface area contributed by atoms with Crippen molar-refractivity contribution >= 4 is 5.97 Å². The number of ether oxygens (including phenoxy) is 4. The number of hydrogen-bond donors (Lipinski definition) is 2. The highest BCUT2D eigenvalue weighted by Crippen LogP contribution is 2.69. The van der Waals surface area contributed by atoms with E-state index in [4.69, 9.17) is 18.9 Å². The molecule has 46 heavy (non-hydrogen) atoms. The number of aliphatic hydroxyl groups excluding tert-OH is 1. The van der Waals surface area contributed by atoms with Crippen molar-refractivity contribution in [1.82, 2.24) is 0 Å². The third kappa shape index (κ3) is 4.56. The first kappa shape index (κ1) is 32.5. The summed E-state index contributed by atoms with van der Waals surface area (Å²) in [6.07, 6.45) is 13.8. The zero-order valence-electron chi connectivity index (χ0n) is 29.4. The van der Waals surface area contributed by atoms with Crippen molar-refractivity contribution in [1.29, 1.82) is 0 Å². The second-order valence-corrected chi connectivity index (χ2v) is 18.6. The topological polar surface area (TPSA) is 94.5 Å². The Morgan fingerprint density at radius 2 is 1.70 bits per heavy atom. The van der Waals surface area contributed by atoms with E-state index in [0.29, 0.717) is 59.7 Å². The first-order valence-electron chi connectivity index (χ1n) is 19.4. The largest absolute Gasteiger partial charge is 0.481 e. The standard InChI is InChI=1S/C39H62O7/c1-21(8-14-33(41)42)27-12-13-30-26-10-9-24-19-25(15-17-36(24,4)31(26)20-32(40)38(27,30)6)43-34-23(3)29-11-7-22(2)28-16-18-37(5)45-35(44-34)39(28,29)46-37/h21-32,34-35,40H,7-20H2,1-6H3,(H,41,42)/t21-,22-,23-,24?,25-,26?,27-,28?,29?,30?,31?,32+,34?,35?,36+,37-,38-,39?/m1/s1. The second kappa shape index (κ2) is 11.1. The van der Waals surface area contributed by atoms with E-state index in [1.165, 1.54) is 25.7 Å². The number of rotatable bonds is 6. The molecule has 1 spiro atoms. The van der Waals surface area contributed by atoms with Crippen LogP contribution in [0.15, 0.2) is 0 Å². The first-order valence-corrected chi connectivity index (χ1v) is 19.4. The average molecular weight is 643 g/mol. The number of carbonyl (C=O) groups is 1. The molecule has 0 amide bonds. The summed E-state index contributed by atoms with van der Waals surface area (Å²) in [5.74, 6) is 3.72. The minimum atomic E-state index is -0.704. The third-order valence-corrected chi connectivity index (χ3v) is 16.8. The monoisotopic (exact) mass is 642 g/mol.